The van der Waals surface area contributed by atoms with Crippen LogP contribution < -0.4 is 31.1 Å². The van der Waals surface area contributed by atoms with Gasteiger partial charge >= 0.3 is 25.4 Å². The van der Waals surface area contributed by atoms with Gasteiger partial charge in [0.15, 0.2) is 0 Å². The zero-order valence-electron chi connectivity index (χ0n) is 42.3. The van der Waals surface area contributed by atoms with Crippen LogP contribution in [-0.2, 0) is 26.0 Å². The molecule has 39 heteroatoms. The molecule has 4 amide bonds. The van der Waals surface area contributed by atoms with Gasteiger partial charge in [0.05, 0.1) is 57.9 Å². The highest BCUT2D eigenvalue weighted by atomic mass is 36.0. The van der Waals surface area contributed by atoms with Gasteiger partial charge in [0.25, 0.3) is 23.6 Å². The Kier molecular flexibility index (Phi) is 23.0. The largest absolute Gasteiger partial charge is 0.469 e. The number of rotatable bonds is 14. The van der Waals surface area contributed by atoms with Gasteiger partial charge in [-0.25, -0.2) is 44.4 Å². The fourth-order valence-electron chi connectivity index (χ4n) is 7.42. The number of amides is 4. The summed E-state index contributed by atoms with van der Waals surface area (Å²) >= 11 is 26.9. The van der Waals surface area contributed by atoms with E-state index in [1.165, 1.54) is 31.1 Å². The van der Waals surface area contributed by atoms with Crippen molar-refractivity contribution in [2.75, 3.05) is 46.6 Å². The molecule has 8 rings (SSSR count). The van der Waals surface area contributed by atoms with Crippen LogP contribution in [0.25, 0.3) is 0 Å². The summed E-state index contributed by atoms with van der Waals surface area (Å²) in [5.41, 5.74) is -2.06. The van der Waals surface area contributed by atoms with Gasteiger partial charge in [-0.3, -0.25) is 28.3 Å². The first kappa shape index (κ1) is 66.7. The molecule has 0 aromatic carbocycles. The smallest absolute Gasteiger partial charge is 0.393 e. The highest BCUT2D eigenvalue weighted by molar-refractivity contribution is 8.24. The number of hydrogen-bond donors (Lipinski definition) is 7. The van der Waals surface area contributed by atoms with E-state index in [4.69, 9.17) is 37.5 Å². The molecule has 24 nitrogen and oxygen atoms in total. The molecule has 2 fully saturated rings. The minimum atomic E-state index is -4.73. The number of phosphoric ester groups is 1. The van der Waals surface area contributed by atoms with E-state index < -0.39 is 88.4 Å². The summed E-state index contributed by atoms with van der Waals surface area (Å²) in [6, 6.07) is 3.06. The summed E-state index contributed by atoms with van der Waals surface area (Å²) in [5.74, 6) is -2.11. The van der Waals surface area contributed by atoms with Crippen molar-refractivity contribution in [2.24, 2.45) is 0 Å². The molecule has 83 heavy (non-hydrogen) atoms. The number of carbonyl (C=O) groups excluding carboxylic acids is 4. The number of alkyl halides is 6. The monoisotopic (exact) mass is 1340 g/mol. The maximum atomic E-state index is 13.1. The maximum absolute atomic E-state index is 13.1. The molecule has 0 unspecified atom stereocenters. The number of aromatic nitrogens is 8. The van der Waals surface area contributed by atoms with Gasteiger partial charge in [-0.05, 0) is 85.4 Å². The summed E-state index contributed by atoms with van der Waals surface area (Å²) < 4.78 is 104. The van der Waals surface area contributed by atoms with Crippen LogP contribution in [-0.4, -0.2) is 117 Å². The molecule has 0 bridgehead atoms. The predicted molar refractivity (Wildman–Crippen MR) is 295 cm³/mol. The first-order valence-electron chi connectivity index (χ1n) is 23.6. The Hall–Kier alpha value is -5.47. The maximum Gasteiger partial charge on any atom is 0.469 e. The quantitative estimate of drug-likeness (QED) is 0.0394. The van der Waals surface area contributed by atoms with E-state index in [2.05, 4.69) is 94.9 Å². The highest BCUT2D eigenvalue weighted by Crippen LogP contribution is 2.61. The number of carbonyl (C=O) groups is 4. The number of phosphoric acid groups is 1. The number of pyridine rings is 2. The summed E-state index contributed by atoms with van der Waals surface area (Å²) in [5, 5.41) is 16.1. The molecule has 8 heterocycles. The molecular formula is C44H43Cl5F6N14O10P2S2. The predicted octanol–water partition coefficient (Wildman–Crippen LogP) is 10.3. The Balaban J connectivity index is 0.000000247. The van der Waals surface area contributed by atoms with Crippen molar-refractivity contribution in [3.05, 3.63) is 114 Å². The molecule has 0 saturated carbocycles. The second-order valence-corrected chi connectivity index (χ2v) is 28.2. The van der Waals surface area contributed by atoms with Crippen LogP contribution in [0.2, 0.25) is 10.0 Å². The molecular weight excluding hydrogens is 1300 g/mol. The third-order valence-corrected chi connectivity index (χ3v) is 14.9. The normalized spacial score (nSPS) is 15.2. The molecule has 2 aliphatic heterocycles. The topological polar surface area (TPSA) is 330 Å². The van der Waals surface area contributed by atoms with Crippen molar-refractivity contribution in [1.29, 1.82) is 0 Å². The van der Waals surface area contributed by atoms with E-state index in [1.54, 1.807) is 19.9 Å². The fourth-order valence-corrected chi connectivity index (χ4v) is 10.1. The van der Waals surface area contributed by atoms with Gasteiger partial charge < -0.3 is 46.0 Å². The second kappa shape index (κ2) is 28.6. The lowest BCUT2D eigenvalue weighted by atomic mass is 10.1. The second-order valence-electron chi connectivity index (χ2n) is 17.4. The Bertz CT molecular complexity index is 3380. The van der Waals surface area contributed by atoms with E-state index in [9.17, 15) is 59.8 Å². The van der Waals surface area contributed by atoms with Crippen molar-refractivity contribution in [3.63, 3.8) is 0 Å². The Morgan fingerprint density at radius 1 is 0.614 bits per heavy atom. The van der Waals surface area contributed by atoms with Crippen LogP contribution in [0, 0.1) is 0 Å². The summed E-state index contributed by atoms with van der Waals surface area (Å²) in [7, 11) is -4.58. The highest BCUT2D eigenvalue weighted by Gasteiger charge is 2.36. The number of aliphatic hydroxyl groups excluding tert-OH is 1. The van der Waals surface area contributed by atoms with Crippen molar-refractivity contribution < 1.29 is 74.1 Å². The summed E-state index contributed by atoms with van der Waals surface area (Å²) in [6.07, 6.45) is -1.85. The van der Waals surface area contributed by atoms with Crippen molar-refractivity contribution >= 4 is 140 Å². The lowest BCUT2D eigenvalue weighted by Crippen LogP contribution is -2.37. The summed E-state index contributed by atoms with van der Waals surface area (Å²) in [4.78, 5) is 105. The van der Waals surface area contributed by atoms with Gasteiger partial charge in [-0.1, -0.05) is 23.2 Å². The minimum absolute atomic E-state index is 0.0549. The number of aliphatic hydroxyl groups is 1. The fraction of sp³-hybridized carbons (Fsp3) is 0.364. The SMILES string of the molecule is C[C@@H](NC(=O)c1cc(N2CCC(O)CC2)ncn1)c1ncc(C(=O)Nc2cc(C(F)(F)F)c(Cl)cn2)s1.C[C@@H](NC(=O)c1cc(N2CCC(OP(=O)(O)O)CC2)ncn1)c1ncc(C(=O)Nc2cc(C(F)(F)F)c(Cl)cn2)s1.O=P(Cl)(Cl)Cl. The molecule has 6 aromatic heterocycles. The van der Waals surface area contributed by atoms with E-state index >= 15 is 0 Å². The van der Waals surface area contributed by atoms with E-state index in [0.29, 0.717) is 85.6 Å². The molecule has 0 radical (unpaired) electrons. The van der Waals surface area contributed by atoms with Crippen LogP contribution >= 0.6 is 92.6 Å². The molecule has 6 aromatic rings. The van der Waals surface area contributed by atoms with E-state index in [-0.39, 0.29) is 38.9 Å². The van der Waals surface area contributed by atoms with Crippen LogP contribution in [0.5, 0.6) is 0 Å². The van der Waals surface area contributed by atoms with Gasteiger partial charge in [-0.2, -0.15) is 26.3 Å². The molecule has 0 aliphatic carbocycles. The minimum Gasteiger partial charge on any atom is -0.393 e. The molecule has 0 spiro atoms. The van der Waals surface area contributed by atoms with Crippen LogP contribution in [0.3, 0.4) is 0 Å². The lowest BCUT2D eigenvalue weighted by molar-refractivity contribution is -0.138. The molecule has 448 valence electrons. The van der Waals surface area contributed by atoms with Gasteiger partial charge in [-0.15, -0.1) is 22.7 Å². The van der Waals surface area contributed by atoms with Crippen molar-refractivity contribution in [3.8, 4) is 0 Å². The molecule has 2 saturated heterocycles. The third-order valence-electron chi connectivity index (χ3n) is 11.3. The number of nitrogens with zero attached hydrogens (tertiary/aromatic N) is 10. The van der Waals surface area contributed by atoms with Crippen molar-refractivity contribution in [2.45, 2.75) is 76.2 Å². The molecule has 2 aliphatic rings. The zero-order valence-corrected chi connectivity index (χ0v) is 49.5. The number of piperidine rings is 2. The first-order chi connectivity index (χ1) is 38.7. The van der Waals surface area contributed by atoms with E-state index in [0.717, 1.165) is 35.1 Å². The average molecular weight is 1350 g/mol. The van der Waals surface area contributed by atoms with Gasteiger partial charge in [0.1, 0.15) is 67.1 Å². The van der Waals surface area contributed by atoms with Crippen molar-refractivity contribution in [1.82, 2.24) is 50.5 Å². The number of hydrogen-bond acceptors (Lipinski definition) is 20. The third kappa shape index (κ3) is 20.6. The first-order valence-corrected chi connectivity index (χ1v) is 31.9. The number of halogens is 11. The molecule has 7 N–H and O–H groups in total. The Labute approximate surface area is 498 Å². The standard InChI is InChI=1S/C22H22ClF3N7O6PS.C22H21ClF3N7O3S.Cl3OP/c1-11(21-28-9-16(41-21)20(35)32-17-6-13(22(24,25)26)14(23)8-27-17)31-19(34)15-7-18(30-10-29-15)33-4-2-12(3-5-33)39-40(36,37)38;1-11(31-19(35)15-7-18(30-10-29-15)33-4-2-12(34)3-5-33)21-28-9-16(37-21)20(36)32-17-6-13(22(24,25)26)14(23)8-27-17;1-5(2,3)4/h6-12H,2-5H2,1H3,(H,31,34)(H,27,32,35)(H2,36,37,38);6-12,34H,2-5H2,1H3,(H,31,35)(H,27,32,36);/t2*11-;/m11./s1. The summed E-state index contributed by atoms with van der Waals surface area (Å²) in [6.45, 7) is 5.31. The Morgan fingerprint density at radius 3 is 1.35 bits per heavy atom. The number of nitrogens with one attached hydrogen (secondary N) is 4. The van der Waals surface area contributed by atoms with Gasteiger partial charge in [0.2, 0.25) is 0 Å². The number of thiazole rings is 2. The zero-order chi connectivity index (χ0) is 61.2. The van der Waals surface area contributed by atoms with Gasteiger partial charge in [0, 0.05) is 50.7 Å². The lowest BCUT2D eigenvalue weighted by Gasteiger charge is -2.32. The number of anilines is 4. The average Bonchev–Trinajstić information content (AvgIpc) is 4.25. The Morgan fingerprint density at radius 2 is 0.988 bits per heavy atom. The van der Waals surface area contributed by atoms with Crippen LogP contribution in [0.15, 0.2) is 61.7 Å². The van der Waals surface area contributed by atoms with Crippen LogP contribution in [0.1, 0.15) is 113 Å². The van der Waals surface area contributed by atoms with E-state index in [1.807, 2.05) is 9.80 Å². The van der Waals surface area contributed by atoms with Crippen LogP contribution in [0.4, 0.5) is 49.6 Å². The molecule has 2 atom stereocenters.